The third-order valence-electron chi connectivity index (χ3n) is 8.34. The Balaban J connectivity index is 1.30. The summed E-state index contributed by atoms with van der Waals surface area (Å²) in [6.45, 7) is 7.25. The molecule has 4 heterocycles. The molecule has 212 valence electrons. The summed E-state index contributed by atoms with van der Waals surface area (Å²) in [7, 11) is -1.69. The predicted octanol–water partition coefficient (Wildman–Crippen LogP) is 6.14. The van der Waals surface area contributed by atoms with E-state index in [1.807, 2.05) is 43.5 Å². The average Bonchev–Trinajstić information content (AvgIpc) is 3.63. The van der Waals surface area contributed by atoms with Crippen LogP contribution in [0, 0.1) is 6.92 Å². The molecule has 0 spiro atoms. The van der Waals surface area contributed by atoms with Crippen molar-refractivity contribution in [3.63, 3.8) is 0 Å². The number of aryl methyl sites for hydroxylation is 1. The van der Waals surface area contributed by atoms with Gasteiger partial charge in [-0.2, -0.15) is 0 Å². The zero-order chi connectivity index (χ0) is 28.8. The number of pyridine rings is 1. The summed E-state index contributed by atoms with van der Waals surface area (Å²) in [4.78, 5) is 13.1. The SMILES string of the molecule is Cc1ccc(S(=O)(=O)n2cc(-c3ccc4[nH]ccc4c3)c3cc(-c4ccc(CN5CCN(C)CC5)cc4)cnc32)cc1. The highest BCUT2D eigenvalue weighted by molar-refractivity contribution is 7.90. The van der Waals surface area contributed by atoms with E-state index in [0.29, 0.717) is 5.65 Å². The zero-order valence-corrected chi connectivity index (χ0v) is 24.6. The molecule has 6 aromatic rings. The van der Waals surface area contributed by atoms with E-state index < -0.39 is 10.0 Å². The smallest absolute Gasteiger partial charge is 0.269 e. The summed E-state index contributed by atoms with van der Waals surface area (Å²) in [6.07, 6.45) is 5.40. The molecule has 7 rings (SSSR count). The molecule has 0 unspecified atom stereocenters. The maximum Gasteiger partial charge on any atom is 0.269 e. The standard InChI is InChI=1S/C34H33N5O2S/c1-24-3-10-30(11-4-24)42(40,41)39-23-32(27-9-12-33-28(19-27)13-14-35-33)31-20-29(21-36-34(31)39)26-7-5-25(6-8-26)22-38-17-15-37(2)16-18-38/h3-14,19-21,23,35H,15-18,22H2,1-2H3. The number of benzene rings is 3. The van der Waals surface area contributed by atoms with Crippen molar-refractivity contribution in [1.29, 1.82) is 0 Å². The number of aromatic nitrogens is 3. The van der Waals surface area contributed by atoms with E-state index in [1.165, 1.54) is 9.54 Å². The summed E-state index contributed by atoms with van der Waals surface area (Å²) in [6, 6.07) is 25.8. The fourth-order valence-corrected chi connectivity index (χ4v) is 7.09. The molecule has 0 atom stereocenters. The van der Waals surface area contributed by atoms with Crippen molar-refractivity contribution in [2.24, 2.45) is 0 Å². The second-order valence-electron chi connectivity index (χ2n) is 11.3. The summed E-state index contributed by atoms with van der Waals surface area (Å²) < 4.78 is 29.0. The second kappa shape index (κ2) is 10.5. The Morgan fingerprint density at radius 3 is 2.33 bits per heavy atom. The van der Waals surface area contributed by atoms with Gasteiger partial charge in [0.25, 0.3) is 10.0 Å². The van der Waals surface area contributed by atoms with Gasteiger partial charge in [0.1, 0.15) is 0 Å². The molecule has 1 aliphatic heterocycles. The fourth-order valence-electron chi connectivity index (χ4n) is 5.76. The highest BCUT2D eigenvalue weighted by Gasteiger charge is 2.23. The lowest BCUT2D eigenvalue weighted by Crippen LogP contribution is -2.43. The number of hydrogen-bond donors (Lipinski definition) is 1. The first-order valence-corrected chi connectivity index (χ1v) is 15.7. The van der Waals surface area contributed by atoms with Gasteiger partial charge in [0.15, 0.2) is 5.65 Å². The van der Waals surface area contributed by atoms with Gasteiger partial charge in [-0.15, -0.1) is 0 Å². The van der Waals surface area contributed by atoms with Crippen molar-refractivity contribution in [3.05, 3.63) is 109 Å². The van der Waals surface area contributed by atoms with Crippen molar-refractivity contribution < 1.29 is 8.42 Å². The average molecular weight is 576 g/mol. The van der Waals surface area contributed by atoms with Gasteiger partial charge in [0.05, 0.1) is 4.90 Å². The molecule has 42 heavy (non-hydrogen) atoms. The molecule has 0 saturated carbocycles. The van der Waals surface area contributed by atoms with Gasteiger partial charge < -0.3 is 9.88 Å². The number of H-pyrrole nitrogens is 1. The van der Waals surface area contributed by atoms with E-state index in [1.54, 1.807) is 24.5 Å². The van der Waals surface area contributed by atoms with Gasteiger partial charge >= 0.3 is 0 Å². The molecule has 1 saturated heterocycles. The van der Waals surface area contributed by atoms with Crippen molar-refractivity contribution in [3.8, 4) is 22.3 Å². The number of piperazine rings is 1. The molecule has 0 radical (unpaired) electrons. The van der Waals surface area contributed by atoms with Gasteiger partial charge in [-0.25, -0.2) is 17.4 Å². The molecule has 0 aliphatic carbocycles. The molecule has 1 N–H and O–H groups in total. The highest BCUT2D eigenvalue weighted by Crippen LogP contribution is 2.36. The Bertz CT molecular complexity index is 2000. The quantitative estimate of drug-likeness (QED) is 0.258. The third kappa shape index (κ3) is 4.91. The van der Waals surface area contributed by atoms with Gasteiger partial charge in [-0.1, -0.05) is 48.0 Å². The van der Waals surface area contributed by atoms with E-state index in [9.17, 15) is 8.42 Å². The van der Waals surface area contributed by atoms with Crippen molar-refractivity contribution in [1.82, 2.24) is 23.7 Å². The van der Waals surface area contributed by atoms with E-state index in [4.69, 9.17) is 4.98 Å². The highest BCUT2D eigenvalue weighted by atomic mass is 32.2. The van der Waals surface area contributed by atoms with Crippen molar-refractivity contribution in [2.45, 2.75) is 18.4 Å². The number of nitrogens with one attached hydrogen (secondary N) is 1. The second-order valence-corrected chi connectivity index (χ2v) is 13.1. The number of likely N-dealkylation sites (N-methyl/N-ethyl adjacent to an activating group) is 1. The van der Waals surface area contributed by atoms with Gasteiger partial charge in [-0.05, 0) is 72.4 Å². The van der Waals surface area contributed by atoms with Crippen LogP contribution >= 0.6 is 0 Å². The van der Waals surface area contributed by atoms with Crippen LogP contribution in [0.15, 0.2) is 102 Å². The summed E-state index contributed by atoms with van der Waals surface area (Å²) in [5.41, 5.74) is 7.49. The Hall–Kier alpha value is -4.24. The van der Waals surface area contributed by atoms with E-state index in [-0.39, 0.29) is 4.90 Å². The minimum Gasteiger partial charge on any atom is -0.361 e. The van der Waals surface area contributed by atoms with Crippen LogP contribution in [-0.4, -0.2) is 65.4 Å². The van der Waals surface area contributed by atoms with Gasteiger partial charge in [0.2, 0.25) is 0 Å². The summed E-state index contributed by atoms with van der Waals surface area (Å²) >= 11 is 0. The third-order valence-corrected chi connectivity index (χ3v) is 10.0. The Labute approximate surface area is 246 Å². The monoisotopic (exact) mass is 575 g/mol. The van der Waals surface area contributed by atoms with Crippen LogP contribution < -0.4 is 0 Å². The normalized spacial score (nSPS) is 15.1. The van der Waals surface area contributed by atoms with E-state index in [0.717, 1.165) is 76.8 Å². The largest absolute Gasteiger partial charge is 0.361 e. The van der Waals surface area contributed by atoms with E-state index >= 15 is 0 Å². The first-order valence-electron chi connectivity index (χ1n) is 14.3. The number of fused-ring (bicyclic) bond motifs is 2. The molecule has 7 nitrogen and oxygen atoms in total. The van der Waals surface area contributed by atoms with Crippen molar-refractivity contribution in [2.75, 3.05) is 33.2 Å². The molecule has 1 fully saturated rings. The lowest BCUT2D eigenvalue weighted by molar-refractivity contribution is 0.148. The number of nitrogens with zero attached hydrogens (tertiary/aromatic N) is 4. The lowest BCUT2D eigenvalue weighted by Gasteiger charge is -2.32. The Morgan fingerprint density at radius 1 is 0.833 bits per heavy atom. The molecule has 3 aromatic carbocycles. The minimum atomic E-state index is -3.86. The predicted molar refractivity (Wildman–Crippen MR) is 169 cm³/mol. The molecule has 3 aromatic heterocycles. The molecule has 0 amide bonds. The molecular weight excluding hydrogens is 542 g/mol. The topological polar surface area (TPSA) is 74.2 Å². The van der Waals surface area contributed by atoms with Crippen LogP contribution in [0.5, 0.6) is 0 Å². The zero-order valence-electron chi connectivity index (χ0n) is 23.8. The van der Waals surface area contributed by atoms with Crippen LogP contribution in [0.3, 0.4) is 0 Å². The summed E-state index contributed by atoms with van der Waals surface area (Å²) in [5.74, 6) is 0. The van der Waals surface area contributed by atoms with Crippen molar-refractivity contribution >= 4 is 32.0 Å². The van der Waals surface area contributed by atoms with Crippen LogP contribution in [0.4, 0.5) is 0 Å². The van der Waals surface area contributed by atoms with Gasteiger partial charge in [-0.3, -0.25) is 4.90 Å². The van der Waals surface area contributed by atoms with Gasteiger partial charge in [0, 0.05) is 73.3 Å². The maximum atomic E-state index is 13.9. The minimum absolute atomic E-state index is 0.236. The fraction of sp³-hybridized carbons (Fsp3) is 0.206. The molecule has 0 bridgehead atoms. The first-order chi connectivity index (χ1) is 20.3. The van der Waals surface area contributed by atoms with Crippen LogP contribution in [-0.2, 0) is 16.6 Å². The lowest BCUT2D eigenvalue weighted by atomic mass is 10.0. The Kier molecular flexibility index (Phi) is 6.69. The number of hydrogen-bond acceptors (Lipinski definition) is 5. The molecule has 8 heteroatoms. The van der Waals surface area contributed by atoms with Crippen LogP contribution in [0.2, 0.25) is 0 Å². The van der Waals surface area contributed by atoms with Crippen LogP contribution in [0.1, 0.15) is 11.1 Å². The van der Waals surface area contributed by atoms with Crippen LogP contribution in [0.25, 0.3) is 44.2 Å². The number of aromatic amines is 1. The maximum absolute atomic E-state index is 13.9. The first kappa shape index (κ1) is 26.6. The summed E-state index contributed by atoms with van der Waals surface area (Å²) in [5, 5.41) is 1.86. The Morgan fingerprint density at radius 2 is 1.57 bits per heavy atom. The molecule has 1 aliphatic rings. The van der Waals surface area contributed by atoms with E-state index in [2.05, 4.69) is 58.2 Å². The molecular formula is C34H33N5O2S. The number of rotatable bonds is 6.